The predicted octanol–water partition coefficient (Wildman–Crippen LogP) is 0.851. The normalized spacial score (nSPS) is 14.3. The van der Waals surface area contributed by atoms with Gasteiger partial charge in [0.2, 0.25) is 5.91 Å². The predicted molar refractivity (Wildman–Crippen MR) is 75.0 cm³/mol. The van der Waals surface area contributed by atoms with Gasteiger partial charge in [-0.3, -0.25) is 4.79 Å². The first-order valence-corrected chi connectivity index (χ1v) is 6.60. The molecule has 6 heteroatoms. The van der Waals surface area contributed by atoms with Crippen molar-refractivity contribution in [3.05, 3.63) is 11.9 Å². The van der Waals surface area contributed by atoms with Crippen molar-refractivity contribution in [1.82, 2.24) is 14.9 Å². The fourth-order valence-electron chi connectivity index (χ4n) is 1.82. The Bertz CT molecular complexity index is 470. The van der Waals surface area contributed by atoms with Crippen LogP contribution in [0, 0.1) is 0 Å². The van der Waals surface area contributed by atoms with E-state index in [-0.39, 0.29) is 5.91 Å². The Morgan fingerprint density at radius 1 is 1.42 bits per heavy atom. The molecule has 0 unspecified atom stereocenters. The first kappa shape index (κ1) is 13.6. The Morgan fingerprint density at radius 3 is 2.63 bits per heavy atom. The molecule has 1 aromatic heterocycles. The fourth-order valence-corrected chi connectivity index (χ4v) is 1.82. The van der Waals surface area contributed by atoms with Gasteiger partial charge in [-0.05, 0) is 19.8 Å². The van der Waals surface area contributed by atoms with Gasteiger partial charge in [0.1, 0.15) is 17.5 Å². The van der Waals surface area contributed by atoms with Crippen LogP contribution in [-0.4, -0.2) is 48.0 Å². The summed E-state index contributed by atoms with van der Waals surface area (Å²) in [4.78, 5) is 24.1. The van der Waals surface area contributed by atoms with E-state index in [1.165, 1.54) is 0 Å². The number of carbonyl (C=O) groups is 1. The van der Waals surface area contributed by atoms with Crippen LogP contribution in [-0.2, 0) is 4.79 Å². The molecule has 6 nitrogen and oxygen atoms in total. The van der Waals surface area contributed by atoms with Crippen LogP contribution in [0.5, 0.6) is 0 Å². The number of anilines is 2. The van der Waals surface area contributed by atoms with Crippen molar-refractivity contribution in [2.75, 3.05) is 37.8 Å². The minimum absolute atomic E-state index is 0.0482. The molecule has 1 saturated carbocycles. The van der Waals surface area contributed by atoms with Crippen LogP contribution < -0.4 is 10.6 Å². The zero-order chi connectivity index (χ0) is 14.0. The number of nitrogens with two attached hydrogens (primary N) is 1. The highest BCUT2D eigenvalue weighted by Crippen LogP contribution is 2.38. The zero-order valence-corrected chi connectivity index (χ0v) is 11.8. The average molecular weight is 263 g/mol. The van der Waals surface area contributed by atoms with E-state index in [4.69, 9.17) is 5.73 Å². The smallest absolute Gasteiger partial charge is 0.241 e. The lowest BCUT2D eigenvalue weighted by molar-refractivity contribution is -0.127. The second-order valence-electron chi connectivity index (χ2n) is 5.09. The zero-order valence-electron chi connectivity index (χ0n) is 11.8. The molecule has 0 bridgehead atoms. The fraction of sp³-hybridized carbons (Fsp3) is 0.615. The molecular weight excluding hydrogens is 242 g/mol. The highest BCUT2D eigenvalue weighted by Gasteiger charge is 2.27. The van der Waals surface area contributed by atoms with Gasteiger partial charge < -0.3 is 15.5 Å². The van der Waals surface area contributed by atoms with Crippen LogP contribution in [0.25, 0.3) is 0 Å². The first-order valence-electron chi connectivity index (χ1n) is 6.60. The summed E-state index contributed by atoms with van der Waals surface area (Å²) in [5, 5.41) is 0. The van der Waals surface area contributed by atoms with Crippen molar-refractivity contribution >= 4 is 17.5 Å². The lowest BCUT2D eigenvalue weighted by Crippen LogP contribution is -2.37. The topological polar surface area (TPSA) is 75.4 Å². The lowest BCUT2D eigenvalue weighted by Gasteiger charge is -2.23. The van der Waals surface area contributed by atoms with Crippen LogP contribution in [0.4, 0.5) is 11.6 Å². The third-order valence-electron chi connectivity index (χ3n) is 3.22. The molecule has 19 heavy (non-hydrogen) atoms. The van der Waals surface area contributed by atoms with Gasteiger partial charge in [0.15, 0.2) is 0 Å². The van der Waals surface area contributed by atoms with Crippen LogP contribution in [0.2, 0.25) is 0 Å². The highest BCUT2D eigenvalue weighted by molar-refractivity contribution is 5.80. The molecule has 0 atom stereocenters. The van der Waals surface area contributed by atoms with Crippen molar-refractivity contribution in [3.63, 3.8) is 0 Å². The van der Waals surface area contributed by atoms with Gasteiger partial charge in [0.05, 0.1) is 6.54 Å². The maximum absolute atomic E-state index is 11.8. The number of carbonyl (C=O) groups excluding carboxylic acids is 1. The average Bonchev–Trinajstić information content (AvgIpc) is 3.18. The third-order valence-corrected chi connectivity index (χ3v) is 3.22. The van der Waals surface area contributed by atoms with Gasteiger partial charge in [0, 0.05) is 32.6 Å². The highest BCUT2D eigenvalue weighted by atomic mass is 16.2. The van der Waals surface area contributed by atoms with Crippen LogP contribution in [0.15, 0.2) is 6.07 Å². The standard InChI is InChI=1S/C13H21N5O/c1-4-18(8-12(19)17(2)3)11-7-10(14)15-13(16-11)9-5-6-9/h7,9H,4-6,8H2,1-3H3,(H2,14,15,16). The van der Waals surface area contributed by atoms with E-state index in [1.807, 2.05) is 11.8 Å². The molecule has 1 heterocycles. The van der Waals surface area contributed by atoms with Gasteiger partial charge in [-0.15, -0.1) is 0 Å². The van der Waals surface area contributed by atoms with E-state index in [1.54, 1.807) is 25.1 Å². The van der Waals surface area contributed by atoms with Crippen molar-refractivity contribution in [2.24, 2.45) is 0 Å². The minimum atomic E-state index is 0.0482. The van der Waals surface area contributed by atoms with Crippen LogP contribution in [0.1, 0.15) is 31.5 Å². The number of nitrogens with zero attached hydrogens (tertiary/aromatic N) is 4. The summed E-state index contributed by atoms with van der Waals surface area (Å²) in [6, 6.07) is 1.73. The number of hydrogen-bond acceptors (Lipinski definition) is 5. The molecule has 104 valence electrons. The van der Waals surface area contributed by atoms with Crippen molar-refractivity contribution in [1.29, 1.82) is 0 Å². The van der Waals surface area contributed by atoms with E-state index >= 15 is 0 Å². The van der Waals surface area contributed by atoms with Crippen LogP contribution >= 0.6 is 0 Å². The first-order chi connectivity index (χ1) is 9.01. The molecular formula is C13H21N5O. The maximum Gasteiger partial charge on any atom is 0.241 e. The number of rotatable bonds is 5. The minimum Gasteiger partial charge on any atom is -0.384 e. The van der Waals surface area contributed by atoms with E-state index in [9.17, 15) is 4.79 Å². The monoisotopic (exact) mass is 263 g/mol. The molecule has 2 rings (SSSR count). The summed E-state index contributed by atoms with van der Waals surface area (Å²) in [6.07, 6.45) is 2.26. The number of amides is 1. The molecule has 1 amide bonds. The lowest BCUT2D eigenvalue weighted by atomic mass is 10.3. The van der Waals surface area contributed by atoms with Gasteiger partial charge in [-0.2, -0.15) is 0 Å². The van der Waals surface area contributed by atoms with E-state index in [0.717, 1.165) is 24.5 Å². The second-order valence-corrected chi connectivity index (χ2v) is 5.09. The molecule has 0 spiro atoms. The SMILES string of the molecule is CCN(CC(=O)N(C)C)c1cc(N)nc(C2CC2)n1. The Hall–Kier alpha value is -1.85. The Balaban J connectivity index is 2.19. The number of aromatic nitrogens is 2. The van der Waals surface area contributed by atoms with Crippen LogP contribution in [0.3, 0.4) is 0 Å². The van der Waals surface area contributed by atoms with Crippen molar-refractivity contribution < 1.29 is 4.79 Å². The molecule has 0 aliphatic heterocycles. The maximum atomic E-state index is 11.8. The van der Waals surface area contributed by atoms with Crippen molar-refractivity contribution in [3.8, 4) is 0 Å². The van der Waals surface area contributed by atoms with E-state index in [0.29, 0.717) is 24.8 Å². The molecule has 1 aliphatic rings. The third kappa shape index (κ3) is 3.33. The molecule has 1 fully saturated rings. The summed E-state index contributed by atoms with van der Waals surface area (Å²) in [5.41, 5.74) is 5.83. The molecule has 0 saturated heterocycles. The van der Waals surface area contributed by atoms with Gasteiger partial charge in [-0.25, -0.2) is 9.97 Å². The molecule has 0 radical (unpaired) electrons. The number of hydrogen-bond donors (Lipinski definition) is 1. The molecule has 1 aliphatic carbocycles. The quantitative estimate of drug-likeness (QED) is 0.852. The molecule has 2 N–H and O–H groups in total. The summed E-state index contributed by atoms with van der Waals surface area (Å²) in [6.45, 7) is 3.02. The van der Waals surface area contributed by atoms with E-state index in [2.05, 4.69) is 9.97 Å². The number of nitrogen functional groups attached to an aromatic ring is 1. The Morgan fingerprint density at radius 2 is 2.11 bits per heavy atom. The summed E-state index contributed by atoms with van der Waals surface area (Å²) < 4.78 is 0. The van der Waals surface area contributed by atoms with Gasteiger partial charge in [0.25, 0.3) is 0 Å². The summed E-state index contributed by atoms with van der Waals surface area (Å²) >= 11 is 0. The molecule has 0 aromatic carbocycles. The van der Waals surface area contributed by atoms with E-state index < -0.39 is 0 Å². The van der Waals surface area contributed by atoms with Gasteiger partial charge >= 0.3 is 0 Å². The van der Waals surface area contributed by atoms with Crippen molar-refractivity contribution in [2.45, 2.75) is 25.7 Å². The Kier molecular flexibility index (Phi) is 3.87. The summed E-state index contributed by atoms with van der Waals surface area (Å²) in [5.74, 6) is 2.53. The largest absolute Gasteiger partial charge is 0.384 e. The Labute approximate surface area is 113 Å². The summed E-state index contributed by atoms with van der Waals surface area (Å²) in [7, 11) is 3.50. The number of likely N-dealkylation sites (N-methyl/N-ethyl adjacent to an activating group) is 2. The van der Waals surface area contributed by atoms with Gasteiger partial charge in [-0.1, -0.05) is 0 Å². The second kappa shape index (κ2) is 5.42. The molecule has 1 aromatic rings.